The van der Waals surface area contributed by atoms with E-state index in [2.05, 4.69) is 4.90 Å². The Bertz CT molecular complexity index is 1040. The number of anilines is 1. The van der Waals surface area contributed by atoms with E-state index < -0.39 is 0 Å². The number of amides is 1. The summed E-state index contributed by atoms with van der Waals surface area (Å²) in [7, 11) is 1.66. The van der Waals surface area contributed by atoms with Crippen molar-refractivity contribution in [3.8, 4) is 5.75 Å². The molecule has 1 saturated heterocycles. The summed E-state index contributed by atoms with van der Waals surface area (Å²) in [6, 6.07) is 21.7. The zero-order valence-corrected chi connectivity index (χ0v) is 17.2. The van der Waals surface area contributed by atoms with Gasteiger partial charge in [0.1, 0.15) is 5.75 Å². The SMILES string of the molecule is COc1ccc(N2CCN(C(=O)CCC(=O)c3ccc4ccccc4c3)CC2)cc1. The van der Waals surface area contributed by atoms with E-state index in [0.717, 1.165) is 35.3 Å². The van der Waals surface area contributed by atoms with Gasteiger partial charge in [0.05, 0.1) is 7.11 Å². The fourth-order valence-corrected chi connectivity index (χ4v) is 3.89. The predicted octanol–water partition coefficient (Wildman–Crippen LogP) is 4.16. The van der Waals surface area contributed by atoms with Crippen LogP contribution in [0.25, 0.3) is 10.8 Å². The van der Waals surface area contributed by atoms with Crippen LogP contribution in [0.2, 0.25) is 0 Å². The molecule has 0 unspecified atom stereocenters. The van der Waals surface area contributed by atoms with Crippen molar-refractivity contribution in [1.82, 2.24) is 4.90 Å². The van der Waals surface area contributed by atoms with Crippen LogP contribution >= 0.6 is 0 Å². The largest absolute Gasteiger partial charge is 0.497 e. The van der Waals surface area contributed by atoms with Gasteiger partial charge in [-0.25, -0.2) is 0 Å². The maximum atomic E-state index is 12.6. The number of hydrogen-bond donors (Lipinski definition) is 0. The molecule has 0 aliphatic carbocycles. The maximum Gasteiger partial charge on any atom is 0.223 e. The first-order chi connectivity index (χ1) is 14.6. The second kappa shape index (κ2) is 8.99. The Hall–Kier alpha value is -3.34. The van der Waals surface area contributed by atoms with Gasteiger partial charge in [-0.2, -0.15) is 0 Å². The molecule has 1 amide bonds. The highest BCUT2D eigenvalue weighted by atomic mass is 16.5. The molecule has 0 bridgehead atoms. The molecular formula is C25H26N2O3. The minimum atomic E-state index is 0.0194. The zero-order valence-electron chi connectivity index (χ0n) is 17.2. The maximum absolute atomic E-state index is 12.6. The Morgan fingerprint density at radius 3 is 2.23 bits per heavy atom. The molecule has 1 heterocycles. The molecule has 3 aromatic rings. The molecule has 154 valence electrons. The molecule has 0 atom stereocenters. The highest BCUT2D eigenvalue weighted by molar-refractivity contribution is 6.01. The van der Waals surface area contributed by atoms with Gasteiger partial charge >= 0.3 is 0 Å². The Morgan fingerprint density at radius 1 is 0.833 bits per heavy atom. The number of hydrogen-bond acceptors (Lipinski definition) is 4. The summed E-state index contributed by atoms with van der Waals surface area (Å²) in [5.41, 5.74) is 1.81. The molecule has 0 N–H and O–H groups in total. The number of piperazine rings is 1. The summed E-state index contributed by atoms with van der Waals surface area (Å²) < 4.78 is 5.21. The van der Waals surface area contributed by atoms with Crippen LogP contribution in [-0.4, -0.2) is 49.9 Å². The number of ether oxygens (including phenoxy) is 1. The van der Waals surface area contributed by atoms with Crippen LogP contribution in [-0.2, 0) is 4.79 Å². The smallest absolute Gasteiger partial charge is 0.223 e. The molecule has 5 nitrogen and oxygen atoms in total. The quantitative estimate of drug-likeness (QED) is 0.581. The summed E-state index contributed by atoms with van der Waals surface area (Å²) in [6.07, 6.45) is 0.504. The third-order valence-electron chi connectivity index (χ3n) is 5.71. The zero-order chi connectivity index (χ0) is 20.9. The lowest BCUT2D eigenvalue weighted by molar-refractivity contribution is -0.131. The molecule has 0 radical (unpaired) electrons. The van der Waals surface area contributed by atoms with Crippen LogP contribution in [0.5, 0.6) is 5.75 Å². The van der Waals surface area contributed by atoms with Gasteiger partial charge in [-0.3, -0.25) is 9.59 Å². The van der Waals surface area contributed by atoms with Crippen LogP contribution < -0.4 is 9.64 Å². The van der Waals surface area contributed by atoms with Gasteiger partial charge in [0.15, 0.2) is 5.78 Å². The molecule has 0 saturated carbocycles. The van der Waals surface area contributed by atoms with E-state index in [-0.39, 0.29) is 24.5 Å². The normalized spacial score (nSPS) is 14.0. The first-order valence-corrected chi connectivity index (χ1v) is 10.3. The number of nitrogens with zero attached hydrogens (tertiary/aromatic N) is 2. The predicted molar refractivity (Wildman–Crippen MR) is 119 cm³/mol. The van der Waals surface area contributed by atoms with Crippen molar-refractivity contribution in [2.45, 2.75) is 12.8 Å². The van der Waals surface area contributed by atoms with Crippen LogP contribution in [0.1, 0.15) is 23.2 Å². The minimum Gasteiger partial charge on any atom is -0.497 e. The van der Waals surface area contributed by atoms with Gasteiger partial charge in [-0.15, -0.1) is 0 Å². The summed E-state index contributed by atoms with van der Waals surface area (Å²) in [5.74, 6) is 0.910. The van der Waals surface area contributed by atoms with Crippen LogP contribution in [0.3, 0.4) is 0 Å². The molecule has 1 aliphatic rings. The van der Waals surface area contributed by atoms with Crippen LogP contribution in [0, 0.1) is 0 Å². The van der Waals surface area contributed by atoms with Gasteiger partial charge in [-0.1, -0.05) is 36.4 Å². The standard InChI is InChI=1S/C25H26N2O3/c1-30-23-10-8-22(9-11-23)26-14-16-27(17-15-26)25(29)13-12-24(28)21-7-6-19-4-2-3-5-20(19)18-21/h2-11,18H,12-17H2,1H3. The second-order valence-electron chi connectivity index (χ2n) is 7.55. The molecule has 30 heavy (non-hydrogen) atoms. The highest BCUT2D eigenvalue weighted by Gasteiger charge is 2.22. The number of carbonyl (C=O) groups excluding carboxylic acids is 2. The van der Waals surface area contributed by atoms with E-state index in [1.807, 2.05) is 71.6 Å². The molecule has 3 aromatic carbocycles. The average molecular weight is 402 g/mol. The number of methoxy groups -OCH3 is 1. The van der Waals surface area contributed by atoms with Crippen molar-refractivity contribution < 1.29 is 14.3 Å². The summed E-state index contributed by atoms with van der Waals surface area (Å²) in [4.78, 5) is 29.3. The van der Waals surface area contributed by atoms with E-state index in [1.54, 1.807) is 7.11 Å². The van der Waals surface area contributed by atoms with Crippen molar-refractivity contribution >= 4 is 28.2 Å². The van der Waals surface area contributed by atoms with E-state index in [1.165, 1.54) is 0 Å². The van der Waals surface area contributed by atoms with Crippen molar-refractivity contribution in [2.75, 3.05) is 38.2 Å². The number of carbonyl (C=O) groups is 2. The Morgan fingerprint density at radius 2 is 1.53 bits per heavy atom. The fraction of sp³-hybridized carbons (Fsp3) is 0.280. The number of Topliss-reactive ketones (excluding diaryl/α,β-unsaturated/α-hetero) is 1. The molecule has 4 rings (SSSR count). The summed E-state index contributed by atoms with van der Waals surface area (Å²) in [5, 5.41) is 2.16. The van der Waals surface area contributed by atoms with E-state index in [9.17, 15) is 9.59 Å². The molecule has 1 aliphatic heterocycles. The lowest BCUT2D eigenvalue weighted by Gasteiger charge is -2.36. The topological polar surface area (TPSA) is 49.9 Å². The van der Waals surface area contributed by atoms with Crippen LogP contribution in [0.15, 0.2) is 66.7 Å². The van der Waals surface area contributed by atoms with Crippen LogP contribution in [0.4, 0.5) is 5.69 Å². The van der Waals surface area contributed by atoms with E-state index >= 15 is 0 Å². The van der Waals surface area contributed by atoms with Crippen molar-refractivity contribution in [3.63, 3.8) is 0 Å². The molecule has 0 aromatic heterocycles. The lowest BCUT2D eigenvalue weighted by atomic mass is 10.0. The number of benzene rings is 3. The van der Waals surface area contributed by atoms with Gasteiger partial charge < -0.3 is 14.5 Å². The first kappa shape index (κ1) is 20.0. The van der Waals surface area contributed by atoms with Gasteiger partial charge in [0.25, 0.3) is 0 Å². The number of fused-ring (bicyclic) bond motifs is 1. The molecular weight excluding hydrogens is 376 g/mol. The van der Waals surface area contributed by atoms with E-state index in [0.29, 0.717) is 18.7 Å². The Balaban J connectivity index is 1.28. The van der Waals surface area contributed by atoms with Gasteiger partial charge in [0.2, 0.25) is 5.91 Å². The third-order valence-corrected chi connectivity index (χ3v) is 5.71. The minimum absolute atomic E-state index is 0.0194. The number of rotatable bonds is 6. The monoisotopic (exact) mass is 402 g/mol. The molecule has 0 spiro atoms. The fourth-order valence-electron chi connectivity index (χ4n) is 3.89. The molecule has 1 fully saturated rings. The van der Waals surface area contributed by atoms with E-state index in [4.69, 9.17) is 4.74 Å². The van der Waals surface area contributed by atoms with Gasteiger partial charge in [0, 0.05) is 50.3 Å². The van der Waals surface area contributed by atoms with Crippen molar-refractivity contribution in [1.29, 1.82) is 0 Å². The first-order valence-electron chi connectivity index (χ1n) is 10.3. The Kier molecular flexibility index (Phi) is 5.98. The summed E-state index contributed by atoms with van der Waals surface area (Å²) >= 11 is 0. The Labute approximate surface area is 176 Å². The third kappa shape index (κ3) is 4.46. The number of ketones is 1. The second-order valence-corrected chi connectivity index (χ2v) is 7.55. The summed E-state index contributed by atoms with van der Waals surface area (Å²) in [6.45, 7) is 2.93. The highest BCUT2D eigenvalue weighted by Crippen LogP contribution is 2.21. The van der Waals surface area contributed by atoms with Crippen molar-refractivity contribution in [2.24, 2.45) is 0 Å². The van der Waals surface area contributed by atoms with Gasteiger partial charge in [-0.05, 0) is 41.1 Å². The average Bonchev–Trinajstić information content (AvgIpc) is 2.82. The molecule has 5 heteroatoms. The lowest BCUT2D eigenvalue weighted by Crippen LogP contribution is -2.48. The van der Waals surface area contributed by atoms with Crippen molar-refractivity contribution in [3.05, 3.63) is 72.3 Å².